The van der Waals surface area contributed by atoms with Crippen LogP contribution in [0.15, 0.2) is 23.8 Å². The van der Waals surface area contributed by atoms with Crippen LogP contribution in [0.5, 0.6) is 0 Å². The van der Waals surface area contributed by atoms with Crippen LogP contribution in [0, 0.1) is 16.7 Å². The van der Waals surface area contributed by atoms with Gasteiger partial charge in [0.15, 0.2) is 0 Å². The van der Waals surface area contributed by atoms with E-state index in [9.17, 15) is 14.7 Å². The summed E-state index contributed by atoms with van der Waals surface area (Å²) < 4.78 is 10.1. The molecule has 0 aromatic rings. The first-order valence-electron chi connectivity index (χ1n) is 9.44. The molecule has 0 unspecified atom stereocenters. The van der Waals surface area contributed by atoms with Gasteiger partial charge in [0.1, 0.15) is 0 Å². The summed E-state index contributed by atoms with van der Waals surface area (Å²) in [5.41, 5.74) is -0.702. The smallest absolute Gasteiger partial charge is 0.330 e. The highest BCUT2D eigenvalue weighted by Gasteiger charge is 2.58. The van der Waals surface area contributed by atoms with E-state index in [1.54, 1.807) is 26.0 Å². The van der Waals surface area contributed by atoms with Gasteiger partial charge in [-0.2, -0.15) is 0 Å². The second-order valence-electron chi connectivity index (χ2n) is 8.58. The molecule has 0 aromatic heterocycles. The van der Waals surface area contributed by atoms with E-state index in [0.717, 1.165) is 24.8 Å². The third-order valence-corrected chi connectivity index (χ3v) is 6.11. The van der Waals surface area contributed by atoms with Crippen LogP contribution >= 0.6 is 0 Å². The zero-order valence-corrected chi connectivity index (χ0v) is 16.6. The Morgan fingerprint density at radius 1 is 1.19 bits per heavy atom. The van der Waals surface area contributed by atoms with E-state index in [1.807, 2.05) is 0 Å². The van der Waals surface area contributed by atoms with Crippen LogP contribution in [-0.2, 0) is 19.1 Å². The zero-order chi connectivity index (χ0) is 19.6. The molecule has 2 rings (SSSR count). The van der Waals surface area contributed by atoms with Gasteiger partial charge in [0, 0.05) is 6.08 Å². The number of carbonyl (C=O) groups is 2. The van der Waals surface area contributed by atoms with Gasteiger partial charge >= 0.3 is 11.9 Å². The van der Waals surface area contributed by atoms with Crippen molar-refractivity contribution < 1.29 is 24.2 Å². The minimum Gasteiger partial charge on any atom is -0.469 e. The Balaban J connectivity index is 2.44. The van der Waals surface area contributed by atoms with Crippen molar-refractivity contribution >= 4 is 11.9 Å². The van der Waals surface area contributed by atoms with Crippen molar-refractivity contribution in [2.24, 2.45) is 16.7 Å². The molecule has 5 nitrogen and oxygen atoms in total. The fourth-order valence-corrected chi connectivity index (χ4v) is 4.54. The molecular weight excluding hydrogens is 332 g/mol. The van der Waals surface area contributed by atoms with Gasteiger partial charge in [0.05, 0.1) is 24.7 Å². The average molecular weight is 364 g/mol. The largest absolute Gasteiger partial charge is 0.469 e. The van der Waals surface area contributed by atoms with Crippen molar-refractivity contribution in [1.82, 2.24) is 0 Å². The van der Waals surface area contributed by atoms with E-state index in [1.165, 1.54) is 13.2 Å². The summed E-state index contributed by atoms with van der Waals surface area (Å²) in [4.78, 5) is 24.3. The van der Waals surface area contributed by atoms with E-state index < -0.39 is 17.0 Å². The van der Waals surface area contributed by atoms with Crippen molar-refractivity contribution in [2.75, 3.05) is 13.7 Å². The van der Waals surface area contributed by atoms with Crippen molar-refractivity contribution in [2.45, 2.75) is 65.4 Å². The Kier molecular flexibility index (Phi) is 6.01. The number of methoxy groups -OCH3 is 1. The first-order chi connectivity index (χ1) is 12.1. The fraction of sp³-hybridized carbons (Fsp3) is 0.714. The molecule has 0 amide bonds. The highest BCUT2D eigenvalue weighted by atomic mass is 16.5. The van der Waals surface area contributed by atoms with E-state index in [0.29, 0.717) is 19.4 Å². The molecule has 1 N–H and O–H groups in total. The maximum Gasteiger partial charge on any atom is 0.330 e. The van der Waals surface area contributed by atoms with Gasteiger partial charge in [-0.1, -0.05) is 26.0 Å². The van der Waals surface area contributed by atoms with Gasteiger partial charge in [-0.05, 0) is 62.9 Å². The maximum atomic E-state index is 12.7. The van der Waals surface area contributed by atoms with Gasteiger partial charge < -0.3 is 14.6 Å². The van der Waals surface area contributed by atoms with Crippen molar-refractivity contribution in [3.63, 3.8) is 0 Å². The van der Waals surface area contributed by atoms with E-state index in [4.69, 9.17) is 9.47 Å². The molecule has 0 saturated heterocycles. The summed E-state index contributed by atoms with van der Waals surface area (Å²) in [5.74, 6) is -0.703. The molecule has 2 fully saturated rings. The van der Waals surface area contributed by atoms with Crippen LogP contribution in [0.25, 0.3) is 0 Å². The van der Waals surface area contributed by atoms with Crippen molar-refractivity contribution in [1.29, 1.82) is 0 Å². The monoisotopic (exact) mass is 364 g/mol. The number of hydrogen-bond acceptors (Lipinski definition) is 5. The summed E-state index contributed by atoms with van der Waals surface area (Å²) in [5, 5.41) is 11.0. The summed E-state index contributed by atoms with van der Waals surface area (Å²) in [6.07, 6.45) is 8.40. The third-order valence-electron chi connectivity index (χ3n) is 6.11. The molecule has 2 aliphatic rings. The first kappa shape index (κ1) is 20.7. The van der Waals surface area contributed by atoms with E-state index >= 15 is 0 Å². The lowest BCUT2D eigenvalue weighted by atomic mass is 9.50. The second kappa shape index (κ2) is 7.55. The fourth-order valence-electron chi connectivity index (χ4n) is 4.54. The summed E-state index contributed by atoms with van der Waals surface area (Å²) >= 11 is 0. The van der Waals surface area contributed by atoms with Crippen LogP contribution in [0.4, 0.5) is 0 Å². The van der Waals surface area contributed by atoms with Crippen molar-refractivity contribution in [3.8, 4) is 0 Å². The SMILES string of the molecule is CCOC(=O)/C=C/C=C1\[C@@H]2CC(C)(C)CC[C@]2(C(=O)OC)CC[C@]1(C)O. The standard InChI is InChI=1S/C21H32O5/c1-6-26-17(22)9-7-8-15-16-14-19(2,3)10-12-21(16,18(23)25-5)13-11-20(15,4)24/h7-9,16,24H,6,10-14H2,1-5H3/b9-7+,15-8+/t16-,20-,21-/m0/s1. The van der Waals surface area contributed by atoms with Crippen LogP contribution in [0.1, 0.15) is 59.8 Å². The van der Waals surface area contributed by atoms with Gasteiger partial charge in [0.25, 0.3) is 0 Å². The molecule has 26 heavy (non-hydrogen) atoms. The first-order valence-corrected chi connectivity index (χ1v) is 9.44. The molecule has 5 heteroatoms. The highest BCUT2D eigenvalue weighted by molar-refractivity contribution is 5.82. The number of allylic oxidation sites excluding steroid dienone is 2. The molecule has 0 aromatic carbocycles. The quantitative estimate of drug-likeness (QED) is 0.610. The summed E-state index contributed by atoms with van der Waals surface area (Å²) in [6, 6.07) is 0. The molecule has 0 spiro atoms. The van der Waals surface area contributed by atoms with E-state index in [2.05, 4.69) is 13.8 Å². The zero-order valence-electron chi connectivity index (χ0n) is 16.6. The average Bonchev–Trinajstić information content (AvgIpc) is 2.56. The van der Waals surface area contributed by atoms with Crippen LogP contribution in [0.3, 0.4) is 0 Å². The molecule has 0 radical (unpaired) electrons. The van der Waals surface area contributed by atoms with Gasteiger partial charge in [-0.15, -0.1) is 0 Å². The number of hydrogen-bond donors (Lipinski definition) is 1. The van der Waals surface area contributed by atoms with Gasteiger partial charge in [-0.25, -0.2) is 4.79 Å². The van der Waals surface area contributed by atoms with Crippen LogP contribution in [0.2, 0.25) is 0 Å². The molecule has 0 heterocycles. The Labute approximate surface area is 156 Å². The normalized spacial score (nSPS) is 35.2. The summed E-state index contributed by atoms with van der Waals surface area (Å²) in [6.45, 7) is 8.26. The number of fused-ring (bicyclic) bond motifs is 1. The van der Waals surface area contributed by atoms with Crippen molar-refractivity contribution in [3.05, 3.63) is 23.8 Å². The Morgan fingerprint density at radius 3 is 2.46 bits per heavy atom. The Morgan fingerprint density at radius 2 is 1.85 bits per heavy atom. The van der Waals surface area contributed by atoms with Gasteiger partial charge in [-0.3, -0.25) is 4.79 Å². The van der Waals surface area contributed by atoms with Gasteiger partial charge in [0.2, 0.25) is 0 Å². The number of aliphatic hydroxyl groups is 1. The molecule has 146 valence electrons. The topological polar surface area (TPSA) is 72.8 Å². The lowest BCUT2D eigenvalue weighted by Crippen LogP contribution is -2.54. The third kappa shape index (κ3) is 4.03. The number of rotatable bonds is 4. The lowest BCUT2D eigenvalue weighted by Gasteiger charge is -2.54. The molecule has 0 bridgehead atoms. The lowest BCUT2D eigenvalue weighted by molar-refractivity contribution is -0.166. The Hall–Kier alpha value is -1.62. The second-order valence-corrected chi connectivity index (χ2v) is 8.58. The summed E-state index contributed by atoms with van der Waals surface area (Å²) in [7, 11) is 1.44. The predicted octanol–water partition coefficient (Wildman–Crippen LogP) is 3.56. The minimum atomic E-state index is -1.01. The maximum absolute atomic E-state index is 12.7. The highest BCUT2D eigenvalue weighted by Crippen LogP contribution is 2.59. The Bertz CT molecular complexity index is 610. The predicted molar refractivity (Wildman–Crippen MR) is 99.3 cm³/mol. The molecule has 2 saturated carbocycles. The van der Waals surface area contributed by atoms with E-state index in [-0.39, 0.29) is 17.3 Å². The van der Waals surface area contributed by atoms with Crippen LogP contribution < -0.4 is 0 Å². The molecule has 0 aliphatic heterocycles. The number of ether oxygens (including phenoxy) is 2. The molecule has 3 atom stereocenters. The molecular formula is C21H32O5. The number of carbonyl (C=O) groups excluding carboxylic acids is 2. The minimum absolute atomic E-state index is 0.0829. The van der Waals surface area contributed by atoms with Crippen LogP contribution in [-0.4, -0.2) is 36.4 Å². The molecule has 2 aliphatic carbocycles. The number of esters is 2.